The molecule has 0 spiro atoms. The third-order valence-electron chi connectivity index (χ3n) is 11.4. The number of nitrogens with zero attached hydrogens (tertiary/aromatic N) is 4. The zero-order valence-corrected chi connectivity index (χ0v) is 32.2. The summed E-state index contributed by atoms with van der Waals surface area (Å²) >= 11 is 0. The quantitative estimate of drug-likeness (QED) is 0.182. The average Bonchev–Trinajstić information content (AvgIpc) is 3.46. The molecule has 4 aliphatic heterocycles. The van der Waals surface area contributed by atoms with Crippen LogP contribution in [0.15, 0.2) is 97.1 Å². The fourth-order valence-corrected chi connectivity index (χ4v) is 8.59. The van der Waals surface area contributed by atoms with Gasteiger partial charge in [0.1, 0.15) is 5.75 Å². The van der Waals surface area contributed by atoms with Gasteiger partial charge in [-0.25, -0.2) is 0 Å². The first-order valence-electron chi connectivity index (χ1n) is 19.5. The van der Waals surface area contributed by atoms with Crippen molar-refractivity contribution in [3.8, 4) is 28.5 Å². The molecule has 0 bridgehead atoms. The number of anilines is 2. The Bertz CT molecular complexity index is 2200. The lowest BCUT2D eigenvalue weighted by atomic mass is 9.92. The van der Waals surface area contributed by atoms with Crippen LogP contribution in [-0.2, 0) is 30.7 Å². The number of fused-ring (bicyclic) bond motifs is 3. The van der Waals surface area contributed by atoms with Gasteiger partial charge in [-0.15, -0.1) is 12.4 Å². The molecule has 9 rings (SSSR count). The summed E-state index contributed by atoms with van der Waals surface area (Å²) in [5.74, 6) is 1.06. The van der Waals surface area contributed by atoms with Gasteiger partial charge in [0.05, 0.1) is 37.6 Å². The third kappa shape index (κ3) is 7.36. The molecule has 290 valence electrons. The second-order valence-corrected chi connectivity index (χ2v) is 14.9. The van der Waals surface area contributed by atoms with Crippen LogP contribution in [-0.4, -0.2) is 83.4 Å². The van der Waals surface area contributed by atoms with E-state index < -0.39 is 0 Å². The Morgan fingerprint density at radius 1 is 0.732 bits per heavy atom. The van der Waals surface area contributed by atoms with E-state index in [9.17, 15) is 9.90 Å². The minimum absolute atomic E-state index is 0. The number of amides is 2. The van der Waals surface area contributed by atoms with Crippen LogP contribution in [0.4, 0.5) is 11.4 Å². The minimum atomic E-state index is -0.172. The molecule has 1 N–H and O–H groups in total. The summed E-state index contributed by atoms with van der Waals surface area (Å²) in [5, 5.41) is 10.1. The van der Waals surface area contributed by atoms with Crippen molar-refractivity contribution in [3.63, 3.8) is 0 Å². The number of phenolic OH excluding ortho intramolecular Hbond substituents is 1. The van der Waals surface area contributed by atoms with Gasteiger partial charge >= 0.3 is 0 Å². The van der Waals surface area contributed by atoms with Gasteiger partial charge in [-0.2, -0.15) is 0 Å². The first-order valence-corrected chi connectivity index (χ1v) is 19.5. The predicted molar refractivity (Wildman–Crippen MR) is 218 cm³/mol. The predicted octanol–water partition coefficient (Wildman–Crippen LogP) is 7.66. The molecule has 0 saturated carbocycles. The number of halogens is 1. The van der Waals surface area contributed by atoms with Gasteiger partial charge in [0.2, 0.25) is 0 Å². The SMILES string of the molecule is Cl.O=C(c1cc(-c2cc3c(cc2C(=O)N2Cc4ccccc4C[C@H]2CN2CCOCC2)OCCCO3)n2c1CCCC2)N(c1ccccc1)c1ccc(O)cc1. The molecule has 5 aromatic rings. The lowest BCUT2D eigenvalue weighted by Crippen LogP contribution is -2.52. The van der Waals surface area contributed by atoms with E-state index in [2.05, 4.69) is 32.6 Å². The molecule has 1 fully saturated rings. The number of morpholine rings is 1. The number of benzene rings is 4. The molecule has 1 aromatic heterocycles. The van der Waals surface area contributed by atoms with Gasteiger partial charge < -0.3 is 28.8 Å². The molecular formula is C45H47ClN4O6. The maximum Gasteiger partial charge on any atom is 0.264 e. The summed E-state index contributed by atoms with van der Waals surface area (Å²) in [7, 11) is 0. The van der Waals surface area contributed by atoms with E-state index in [1.165, 1.54) is 5.56 Å². The van der Waals surface area contributed by atoms with Crippen LogP contribution in [0.25, 0.3) is 11.3 Å². The number of rotatable bonds is 7. The maximum absolute atomic E-state index is 15.3. The number of hydrogen-bond acceptors (Lipinski definition) is 7. The Morgan fingerprint density at radius 2 is 1.43 bits per heavy atom. The van der Waals surface area contributed by atoms with Gasteiger partial charge in [-0.1, -0.05) is 42.5 Å². The van der Waals surface area contributed by atoms with Crippen LogP contribution in [0.1, 0.15) is 56.8 Å². The van der Waals surface area contributed by atoms with E-state index in [0.717, 1.165) is 86.5 Å². The Labute approximate surface area is 333 Å². The molecule has 56 heavy (non-hydrogen) atoms. The highest BCUT2D eigenvalue weighted by atomic mass is 35.5. The van der Waals surface area contributed by atoms with Crippen LogP contribution in [0.2, 0.25) is 0 Å². The highest BCUT2D eigenvalue weighted by Crippen LogP contribution is 2.42. The second-order valence-electron chi connectivity index (χ2n) is 14.9. The summed E-state index contributed by atoms with van der Waals surface area (Å²) in [6.07, 6.45) is 4.16. The topological polar surface area (TPSA) is 96.7 Å². The largest absolute Gasteiger partial charge is 0.508 e. The van der Waals surface area contributed by atoms with E-state index in [4.69, 9.17) is 14.2 Å². The van der Waals surface area contributed by atoms with Gasteiger partial charge in [0.25, 0.3) is 11.8 Å². The molecule has 2 amide bonds. The summed E-state index contributed by atoms with van der Waals surface area (Å²) in [6, 6.07) is 30.5. The Morgan fingerprint density at radius 3 is 2.20 bits per heavy atom. The van der Waals surface area contributed by atoms with Crippen molar-refractivity contribution in [1.82, 2.24) is 14.4 Å². The highest BCUT2D eigenvalue weighted by Gasteiger charge is 2.36. The maximum atomic E-state index is 15.3. The Hall–Kier alpha value is -5.29. The van der Waals surface area contributed by atoms with Crippen molar-refractivity contribution in [2.75, 3.05) is 51.0 Å². The van der Waals surface area contributed by atoms with Crippen LogP contribution >= 0.6 is 12.4 Å². The highest BCUT2D eigenvalue weighted by molar-refractivity contribution is 6.12. The number of phenols is 1. The molecule has 0 aliphatic carbocycles. The van der Waals surface area contributed by atoms with Gasteiger partial charge in [0, 0.05) is 73.5 Å². The number of ether oxygens (including phenoxy) is 3. The van der Waals surface area contributed by atoms with Gasteiger partial charge in [0.15, 0.2) is 11.5 Å². The van der Waals surface area contributed by atoms with Gasteiger partial charge in [-0.3, -0.25) is 19.4 Å². The van der Waals surface area contributed by atoms with Crippen molar-refractivity contribution < 1.29 is 28.9 Å². The zero-order valence-electron chi connectivity index (χ0n) is 31.4. The normalized spacial score (nSPS) is 17.9. The minimum Gasteiger partial charge on any atom is -0.508 e. The Balaban J connectivity index is 0.00000441. The monoisotopic (exact) mass is 774 g/mol. The molecule has 0 unspecified atom stereocenters. The molecule has 10 nitrogen and oxygen atoms in total. The standard InChI is InChI=1S/C45H46N4O6.ClH/c50-36-16-14-34(15-17-36)49(33-11-2-1-3-12-33)45(52)39-26-41(47-18-7-6-13-40(39)47)37-27-42-43(55-22-8-21-54-42)28-38(37)44(51)48-29-32-10-5-4-9-31(32)25-35(48)30-46-19-23-53-24-20-46;/h1-5,9-12,14-17,26-28,35,50H,6-8,13,18-25,29-30H2;1H/t35-;/m0./s1. The van der Waals surface area contributed by atoms with Crippen LogP contribution in [0.5, 0.6) is 17.2 Å². The number of para-hydroxylation sites is 1. The lowest BCUT2D eigenvalue weighted by molar-refractivity contribution is 0.0193. The van der Waals surface area contributed by atoms with E-state index in [1.54, 1.807) is 29.2 Å². The van der Waals surface area contributed by atoms with E-state index >= 15 is 4.79 Å². The summed E-state index contributed by atoms with van der Waals surface area (Å²) < 4.78 is 20.4. The zero-order chi connectivity index (χ0) is 37.3. The van der Waals surface area contributed by atoms with Crippen molar-refractivity contribution in [1.29, 1.82) is 0 Å². The fraction of sp³-hybridized carbons (Fsp3) is 0.333. The first kappa shape index (κ1) is 37.6. The Kier molecular flexibility index (Phi) is 11.0. The molecule has 11 heteroatoms. The van der Waals surface area contributed by atoms with Crippen LogP contribution in [0.3, 0.4) is 0 Å². The van der Waals surface area contributed by atoms with Crippen LogP contribution < -0.4 is 14.4 Å². The number of hydrogen-bond donors (Lipinski definition) is 1. The number of aromatic hydroxyl groups is 1. The molecule has 1 saturated heterocycles. The second kappa shape index (κ2) is 16.4. The molecule has 5 heterocycles. The summed E-state index contributed by atoms with van der Waals surface area (Å²) in [4.78, 5) is 36.4. The van der Waals surface area contributed by atoms with Crippen molar-refractivity contribution >= 4 is 35.6 Å². The van der Waals surface area contributed by atoms with E-state index in [1.807, 2.05) is 54.6 Å². The van der Waals surface area contributed by atoms with Gasteiger partial charge in [-0.05, 0) is 91.4 Å². The lowest BCUT2D eigenvalue weighted by Gasteiger charge is -2.40. The molecule has 4 aliphatic rings. The average molecular weight is 775 g/mol. The number of aromatic nitrogens is 1. The van der Waals surface area contributed by atoms with Crippen LogP contribution in [0, 0.1) is 0 Å². The van der Waals surface area contributed by atoms with E-state index in [0.29, 0.717) is 61.3 Å². The third-order valence-corrected chi connectivity index (χ3v) is 11.4. The number of carbonyl (C=O) groups is 2. The first-order chi connectivity index (χ1) is 27.0. The number of carbonyl (C=O) groups excluding carboxylic acids is 2. The smallest absolute Gasteiger partial charge is 0.264 e. The fourth-order valence-electron chi connectivity index (χ4n) is 8.59. The van der Waals surface area contributed by atoms with Crippen molar-refractivity contribution in [3.05, 3.63) is 125 Å². The van der Waals surface area contributed by atoms with Crippen molar-refractivity contribution in [2.45, 2.75) is 51.2 Å². The van der Waals surface area contributed by atoms with E-state index in [-0.39, 0.29) is 36.0 Å². The van der Waals surface area contributed by atoms with Crippen molar-refractivity contribution in [2.24, 2.45) is 0 Å². The molecule has 4 aromatic carbocycles. The molecular weight excluding hydrogens is 728 g/mol. The summed E-state index contributed by atoms with van der Waals surface area (Å²) in [5.41, 5.74) is 7.45. The summed E-state index contributed by atoms with van der Waals surface area (Å²) in [6.45, 7) is 6.07. The molecule has 0 radical (unpaired) electrons. The molecule has 1 atom stereocenters.